The van der Waals surface area contributed by atoms with Gasteiger partial charge in [-0.25, -0.2) is 12.7 Å². The van der Waals surface area contributed by atoms with Crippen LogP contribution in [-0.2, 0) is 14.8 Å². The summed E-state index contributed by atoms with van der Waals surface area (Å²) in [6.45, 7) is 3.28. The number of carbonyl (C=O) groups excluding carboxylic acids is 1. The van der Waals surface area contributed by atoms with E-state index in [4.69, 9.17) is 9.84 Å². The van der Waals surface area contributed by atoms with Crippen molar-refractivity contribution >= 4 is 21.9 Å². The lowest BCUT2D eigenvalue weighted by Gasteiger charge is -2.19. The van der Waals surface area contributed by atoms with E-state index in [1.165, 1.54) is 39.4 Å². The monoisotopic (exact) mass is 372 g/mol. The Bertz CT molecular complexity index is 756. The third kappa shape index (κ3) is 4.93. The standard InChI is InChI=1S/C16H24N2O6S/c1-16(2,15(20)21)8-9-17-14(19)11-6-7-12(24-5)13(10-11)25(22,23)18(3)4/h6-7,10H,8-9H2,1-5H3,(H,17,19)(H,20,21). The van der Waals surface area contributed by atoms with E-state index in [0.717, 1.165) is 4.31 Å². The van der Waals surface area contributed by atoms with Crippen LogP contribution >= 0.6 is 0 Å². The van der Waals surface area contributed by atoms with Crippen LogP contribution in [0.15, 0.2) is 23.1 Å². The van der Waals surface area contributed by atoms with E-state index < -0.39 is 27.3 Å². The normalized spacial score (nSPS) is 12.1. The van der Waals surface area contributed by atoms with Crippen LogP contribution < -0.4 is 10.1 Å². The van der Waals surface area contributed by atoms with Gasteiger partial charge < -0.3 is 15.2 Å². The van der Waals surface area contributed by atoms with Crippen molar-refractivity contribution < 1.29 is 27.9 Å². The highest BCUT2D eigenvalue weighted by Crippen LogP contribution is 2.27. The third-order valence-electron chi connectivity index (χ3n) is 3.80. The van der Waals surface area contributed by atoms with Crippen LogP contribution in [-0.4, -0.2) is 57.5 Å². The van der Waals surface area contributed by atoms with Gasteiger partial charge in [0.2, 0.25) is 10.0 Å². The molecule has 0 atom stereocenters. The number of carboxylic acids is 1. The zero-order valence-corrected chi connectivity index (χ0v) is 15.8. The van der Waals surface area contributed by atoms with E-state index in [1.54, 1.807) is 13.8 Å². The van der Waals surface area contributed by atoms with Crippen LogP contribution in [0.3, 0.4) is 0 Å². The molecule has 1 aromatic carbocycles. The molecule has 0 aliphatic carbocycles. The Hall–Kier alpha value is -2.13. The number of carbonyl (C=O) groups is 2. The average Bonchev–Trinajstić information content (AvgIpc) is 2.53. The predicted octanol–water partition coefficient (Wildman–Crippen LogP) is 1.18. The van der Waals surface area contributed by atoms with Gasteiger partial charge in [0.25, 0.3) is 5.91 Å². The van der Waals surface area contributed by atoms with Gasteiger partial charge >= 0.3 is 5.97 Å². The molecule has 0 aliphatic rings. The number of methoxy groups -OCH3 is 1. The SMILES string of the molecule is COc1ccc(C(=O)NCCC(C)(C)C(=O)O)cc1S(=O)(=O)N(C)C. The number of amides is 1. The van der Waals surface area contributed by atoms with Crippen molar-refractivity contribution in [2.75, 3.05) is 27.7 Å². The molecule has 0 aliphatic heterocycles. The van der Waals surface area contributed by atoms with Gasteiger partial charge in [0.15, 0.2) is 0 Å². The molecule has 1 amide bonds. The Morgan fingerprint density at radius 2 is 1.88 bits per heavy atom. The van der Waals surface area contributed by atoms with E-state index in [9.17, 15) is 18.0 Å². The molecule has 0 heterocycles. The summed E-state index contributed by atoms with van der Waals surface area (Å²) in [5, 5.41) is 11.7. The number of nitrogens with one attached hydrogen (secondary N) is 1. The molecule has 140 valence electrons. The first-order valence-corrected chi connectivity index (χ1v) is 8.99. The van der Waals surface area contributed by atoms with Crippen molar-refractivity contribution in [3.05, 3.63) is 23.8 Å². The molecule has 0 saturated carbocycles. The van der Waals surface area contributed by atoms with Crippen LogP contribution in [0.4, 0.5) is 0 Å². The predicted molar refractivity (Wildman–Crippen MR) is 92.2 cm³/mol. The van der Waals surface area contributed by atoms with Crippen LogP contribution in [0.25, 0.3) is 0 Å². The smallest absolute Gasteiger partial charge is 0.309 e. The minimum Gasteiger partial charge on any atom is -0.495 e. The van der Waals surface area contributed by atoms with Crippen LogP contribution in [0.1, 0.15) is 30.6 Å². The molecule has 0 saturated heterocycles. The number of nitrogens with zero attached hydrogens (tertiary/aromatic N) is 1. The summed E-state index contributed by atoms with van der Waals surface area (Å²) in [6.07, 6.45) is 0.243. The van der Waals surface area contributed by atoms with Gasteiger partial charge in [-0.05, 0) is 38.5 Å². The summed E-state index contributed by atoms with van der Waals surface area (Å²) in [7, 11) is 0.334. The second-order valence-electron chi connectivity index (χ2n) is 6.35. The molecule has 0 aromatic heterocycles. The number of aliphatic carboxylic acids is 1. The molecule has 8 nitrogen and oxygen atoms in total. The summed E-state index contributed by atoms with van der Waals surface area (Å²) in [4.78, 5) is 23.2. The largest absolute Gasteiger partial charge is 0.495 e. The van der Waals surface area contributed by atoms with Crippen molar-refractivity contribution in [3.63, 3.8) is 0 Å². The first kappa shape index (κ1) is 20.9. The highest BCUT2D eigenvalue weighted by Gasteiger charge is 2.27. The highest BCUT2D eigenvalue weighted by molar-refractivity contribution is 7.89. The van der Waals surface area contributed by atoms with Gasteiger partial charge in [-0.3, -0.25) is 9.59 Å². The summed E-state index contributed by atoms with van der Waals surface area (Å²) in [6, 6.07) is 4.10. The summed E-state index contributed by atoms with van der Waals surface area (Å²) in [5.74, 6) is -1.30. The van der Waals surface area contributed by atoms with E-state index in [-0.39, 0.29) is 29.2 Å². The molecule has 0 radical (unpaired) electrons. The number of hydrogen-bond acceptors (Lipinski definition) is 5. The molecule has 0 fully saturated rings. The average molecular weight is 372 g/mol. The van der Waals surface area contributed by atoms with E-state index in [0.29, 0.717) is 0 Å². The number of hydrogen-bond donors (Lipinski definition) is 2. The van der Waals surface area contributed by atoms with Gasteiger partial charge in [-0.1, -0.05) is 0 Å². The molecule has 25 heavy (non-hydrogen) atoms. The molecule has 0 bridgehead atoms. The number of sulfonamides is 1. The van der Waals surface area contributed by atoms with Crippen molar-refractivity contribution in [1.29, 1.82) is 0 Å². The summed E-state index contributed by atoms with van der Waals surface area (Å²) in [5.41, 5.74) is -0.818. The zero-order valence-electron chi connectivity index (χ0n) is 15.0. The Balaban J connectivity index is 3.00. The Morgan fingerprint density at radius 3 is 2.36 bits per heavy atom. The molecular formula is C16H24N2O6S. The van der Waals surface area contributed by atoms with Crippen LogP contribution in [0, 0.1) is 5.41 Å². The fourth-order valence-corrected chi connectivity index (χ4v) is 2.99. The quantitative estimate of drug-likeness (QED) is 0.708. The topological polar surface area (TPSA) is 113 Å². The van der Waals surface area contributed by atoms with Gasteiger partial charge in [0, 0.05) is 26.2 Å². The van der Waals surface area contributed by atoms with Crippen LogP contribution in [0.5, 0.6) is 5.75 Å². The van der Waals surface area contributed by atoms with E-state index in [2.05, 4.69) is 5.32 Å². The lowest BCUT2D eigenvalue weighted by molar-refractivity contribution is -0.147. The molecule has 2 N–H and O–H groups in total. The van der Waals surface area contributed by atoms with Gasteiger partial charge in [0.1, 0.15) is 10.6 Å². The van der Waals surface area contributed by atoms with Crippen molar-refractivity contribution in [3.8, 4) is 5.75 Å². The first-order chi connectivity index (χ1) is 11.4. The lowest BCUT2D eigenvalue weighted by Crippen LogP contribution is -2.32. The number of carboxylic acid groups (broad SMARTS) is 1. The molecule has 1 rings (SSSR count). The lowest BCUT2D eigenvalue weighted by atomic mass is 9.90. The van der Waals surface area contributed by atoms with E-state index in [1.807, 2.05) is 0 Å². The minimum atomic E-state index is -3.78. The number of ether oxygens (including phenoxy) is 1. The van der Waals surface area contributed by atoms with Crippen molar-refractivity contribution in [1.82, 2.24) is 9.62 Å². The molecule has 9 heteroatoms. The maximum atomic E-state index is 12.4. The maximum Gasteiger partial charge on any atom is 0.309 e. The van der Waals surface area contributed by atoms with E-state index >= 15 is 0 Å². The Morgan fingerprint density at radius 1 is 1.28 bits per heavy atom. The van der Waals surface area contributed by atoms with Gasteiger partial charge in [-0.2, -0.15) is 0 Å². The van der Waals surface area contributed by atoms with Crippen molar-refractivity contribution in [2.24, 2.45) is 5.41 Å². The minimum absolute atomic E-state index is 0.112. The fraction of sp³-hybridized carbons (Fsp3) is 0.500. The highest BCUT2D eigenvalue weighted by atomic mass is 32.2. The second kappa shape index (κ2) is 7.83. The van der Waals surface area contributed by atoms with Crippen LogP contribution in [0.2, 0.25) is 0 Å². The zero-order chi connectivity index (χ0) is 19.4. The summed E-state index contributed by atoms with van der Waals surface area (Å²) >= 11 is 0. The third-order valence-corrected chi connectivity index (χ3v) is 5.64. The van der Waals surface area contributed by atoms with Gasteiger partial charge in [-0.15, -0.1) is 0 Å². The molecule has 0 unspecified atom stereocenters. The second-order valence-corrected chi connectivity index (χ2v) is 8.47. The number of benzene rings is 1. The van der Waals surface area contributed by atoms with Crippen molar-refractivity contribution in [2.45, 2.75) is 25.2 Å². The Kier molecular flexibility index (Phi) is 6.55. The molecule has 1 aromatic rings. The molecular weight excluding hydrogens is 348 g/mol. The fourth-order valence-electron chi connectivity index (χ4n) is 1.91. The maximum absolute atomic E-state index is 12.4. The Labute approximate surface area is 147 Å². The summed E-state index contributed by atoms with van der Waals surface area (Å²) < 4.78 is 30.8. The first-order valence-electron chi connectivity index (χ1n) is 7.55. The van der Waals surface area contributed by atoms with Gasteiger partial charge in [0.05, 0.1) is 12.5 Å². The number of rotatable bonds is 8. The molecule has 0 spiro atoms.